The van der Waals surface area contributed by atoms with Gasteiger partial charge >= 0.3 is 5.97 Å². The molecule has 0 bridgehead atoms. The molecule has 1 aromatic heterocycles. The number of hydrogen-bond donors (Lipinski definition) is 1. The van der Waals surface area contributed by atoms with Crippen LogP contribution in [0.3, 0.4) is 0 Å². The van der Waals surface area contributed by atoms with Crippen molar-refractivity contribution in [3.05, 3.63) is 52.4 Å². The first kappa shape index (κ1) is 13.3. The summed E-state index contributed by atoms with van der Waals surface area (Å²) in [5.74, 6) is -0.694. The Morgan fingerprint density at radius 3 is 3.00 bits per heavy atom. The van der Waals surface area contributed by atoms with E-state index in [2.05, 4.69) is 5.32 Å². The van der Waals surface area contributed by atoms with Crippen LogP contribution in [-0.2, 0) is 9.53 Å². The quantitative estimate of drug-likeness (QED) is 0.884. The van der Waals surface area contributed by atoms with Crippen LogP contribution < -0.4 is 5.32 Å². The van der Waals surface area contributed by atoms with Gasteiger partial charge in [-0.05, 0) is 17.5 Å². The van der Waals surface area contributed by atoms with E-state index in [0.717, 1.165) is 5.56 Å². The van der Waals surface area contributed by atoms with E-state index in [1.807, 2.05) is 6.07 Å². The highest BCUT2D eigenvalue weighted by molar-refractivity contribution is 7.14. The lowest BCUT2D eigenvalue weighted by atomic mass is 10.0. The second-order valence-corrected chi connectivity index (χ2v) is 5.42. The van der Waals surface area contributed by atoms with E-state index in [9.17, 15) is 9.59 Å². The highest BCUT2D eigenvalue weighted by atomic mass is 32.1. The maximum atomic E-state index is 12.0. The number of cyclic esters (lactones) is 1. The van der Waals surface area contributed by atoms with Crippen molar-refractivity contribution >= 4 is 28.2 Å². The summed E-state index contributed by atoms with van der Waals surface area (Å²) in [4.78, 5) is 23.7. The standard InChI is InChI=1S/C15H10N2O3S/c16-8-9-5-6-21-14(9)17-13(18)7-12-10-3-1-2-4-11(10)15(19)20-12/h1-6,12H,7H2,(H,17,18)/t12-/m1/s1. The van der Waals surface area contributed by atoms with Gasteiger partial charge in [0.15, 0.2) is 0 Å². The van der Waals surface area contributed by atoms with Crippen LogP contribution >= 0.6 is 11.3 Å². The Kier molecular flexibility index (Phi) is 3.42. The first-order valence-electron chi connectivity index (χ1n) is 6.26. The van der Waals surface area contributed by atoms with Crippen LogP contribution in [0.25, 0.3) is 0 Å². The predicted octanol–water partition coefficient (Wildman–Crippen LogP) is 2.86. The molecule has 104 valence electrons. The van der Waals surface area contributed by atoms with E-state index < -0.39 is 12.1 Å². The van der Waals surface area contributed by atoms with Crippen LogP contribution in [0.4, 0.5) is 5.00 Å². The molecule has 6 heteroatoms. The van der Waals surface area contributed by atoms with Gasteiger partial charge in [-0.15, -0.1) is 11.3 Å². The number of rotatable bonds is 3. The molecule has 1 atom stereocenters. The summed E-state index contributed by atoms with van der Waals surface area (Å²) in [6.45, 7) is 0. The predicted molar refractivity (Wildman–Crippen MR) is 76.9 cm³/mol. The van der Waals surface area contributed by atoms with Crippen LogP contribution in [0, 0.1) is 11.3 Å². The summed E-state index contributed by atoms with van der Waals surface area (Å²) in [6.07, 6.45) is -0.537. The SMILES string of the molecule is N#Cc1ccsc1NC(=O)C[C@H]1OC(=O)c2ccccc21. The number of esters is 1. The van der Waals surface area contributed by atoms with Gasteiger partial charge in [-0.3, -0.25) is 4.79 Å². The molecular formula is C15H10N2O3S. The van der Waals surface area contributed by atoms with Crippen LogP contribution in [-0.4, -0.2) is 11.9 Å². The normalized spacial score (nSPS) is 16.0. The molecule has 0 spiro atoms. The van der Waals surface area contributed by atoms with Gasteiger partial charge < -0.3 is 10.1 Å². The number of nitrogens with one attached hydrogen (secondary N) is 1. The zero-order valence-electron chi connectivity index (χ0n) is 10.8. The number of benzene rings is 1. The molecule has 1 N–H and O–H groups in total. The Morgan fingerprint density at radius 2 is 2.19 bits per heavy atom. The van der Waals surface area contributed by atoms with Gasteiger partial charge in [-0.25, -0.2) is 4.79 Å². The van der Waals surface area contributed by atoms with E-state index in [1.54, 1.807) is 35.7 Å². The fourth-order valence-electron chi connectivity index (χ4n) is 2.21. The second-order valence-electron chi connectivity index (χ2n) is 4.51. The summed E-state index contributed by atoms with van der Waals surface area (Å²) < 4.78 is 5.22. The summed E-state index contributed by atoms with van der Waals surface area (Å²) >= 11 is 1.28. The lowest BCUT2D eigenvalue weighted by Gasteiger charge is -2.10. The first-order valence-corrected chi connectivity index (χ1v) is 7.14. The summed E-state index contributed by atoms with van der Waals surface area (Å²) in [5, 5.41) is 13.8. The molecule has 21 heavy (non-hydrogen) atoms. The number of carbonyl (C=O) groups is 2. The Hall–Kier alpha value is -2.65. The highest BCUT2D eigenvalue weighted by Gasteiger charge is 2.32. The summed E-state index contributed by atoms with van der Waals surface area (Å²) in [7, 11) is 0. The molecule has 1 aromatic carbocycles. The monoisotopic (exact) mass is 298 g/mol. The third-order valence-electron chi connectivity index (χ3n) is 3.19. The van der Waals surface area contributed by atoms with Crippen molar-refractivity contribution in [2.75, 3.05) is 5.32 Å². The van der Waals surface area contributed by atoms with Gasteiger partial charge in [0.2, 0.25) is 5.91 Å². The minimum absolute atomic E-state index is 0.0333. The molecule has 2 aromatic rings. The third kappa shape index (κ3) is 2.51. The number of nitrogens with zero attached hydrogens (tertiary/aromatic N) is 1. The van der Waals surface area contributed by atoms with Gasteiger partial charge in [0, 0.05) is 5.56 Å². The molecule has 3 rings (SSSR count). The minimum Gasteiger partial charge on any atom is -0.453 e. The Morgan fingerprint density at radius 1 is 1.38 bits per heavy atom. The van der Waals surface area contributed by atoms with Gasteiger partial charge in [0.05, 0.1) is 17.5 Å². The van der Waals surface area contributed by atoms with Crippen molar-refractivity contribution in [2.45, 2.75) is 12.5 Å². The van der Waals surface area contributed by atoms with Gasteiger partial charge in [0.25, 0.3) is 0 Å². The van der Waals surface area contributed by atoms with Gasteiger partial charge in [-0.1, -0.05) is 18.2 Å². The van der Waals surface area contributed by atoms with Crippen molar-refractivity contribution in [3.63, 3.8) is 0 Å². The fourth-order valence-corrected chi connectivity index (χ4v) is 2.97. The molecule has 0 aliphatic carbocycles. The minimum atomic E-state index is -0.570. The number of carbonyl (C=O) groups excluding carboxylic acids is 2. The average molecular weight is 298 g/mol. The van der Waals surface area contributed by atoms with Crippen LogP contribution in [0.15, 0.2) is 35.7 Å². The molecule has 1 amide bonds. The van der Waals surface area contributed by atoms with E-state index in [4.69, 9.17) is 10.00 Å². The van der Waals surface area contributed by atoms with E-state index in [0.29, 0.717) is 16.1 Å². The molecule has 0 saturated heterocycles. The maximum absolute atomic E-state index is 12.0. The molecule has 1 aliphatic rings. The van der Waals surface area contributed by atoms with Crippen LogP contribution in [0.2, 0.25) is 0 Å². The molecule has 2 heterocycles. The number of amides is 1. The molecule has 1 aliphatic heterocycles. The van der Waals surface area contributed by atoms with E-state index >= 15 is 0 Å². The van der Waals surface area contributed by atoms with Crippen molar-refractivity contribution in [1.29, 1.82) is 5.26 Å². The largest absolute Gasteiger partial charge is 0.453 e. The van der Waals surface area contributed by atoms with E-state index in [-0.39, 0.29) is 12.3 Å². The lowest BCUT2D eigenvalue weighted by Crippen LogP contribution is -2.15. The number of anilines is 1. The maximum Gasteiger partial charge on any atom is 0.339 e. The van der Waals surface area contributed by atoms with Crippen LogP contribution in [0.1, 0.15) is 34.0 Å². The molecule has 0 unspecified atom stereocenters. The third-order valence-corrected chi connectivity index (χ3v) is 4.02. The molecule has 0 fully saturated rings. The van der Waals surface area contributed by atoms with E-state index in [1.165, 1.54) is 11.3 Å². The first-order chi connectivity index (χ1) is 10.2. The number of hydrogen-bond acceptors (Lipinski definition) is 5. The Bertz CT molecular complexity index is 760. The Labute approximate surface area is 124 Å². The fraction of sp³-hybridized carbons (Fsp3) is 0.133. The van der Waals surface area contributed by atoms with Crippen molar-refractivity contribution in [2.24, 2.45) is 0 Å². The molecule has 5 nitrogen and oxygen atoms in total. The number of nitriles is 1. The van der Waals surface area contributed by atoms with Gasteiger partial charge in [-0.2, -0.15) is 5.26 Å². The topological polar surface area (TPSA) is 79.2 Å². The zero-order valence-corrected chi connectivity index (χ0v) is 11.6. The van der Waals surface area contributed by atoms with Crippen molar-refractivity contribution < 1.29 is 14.3 Å². The average Bonchev–Trinajstić information content (AvgIpc) is 3.05. The smallest absolute Gasteiger partial charge is 0.339 e. The number of ether oxygens (including phenoxy) is 1. The highest BCUT2D eigenvalue weighted by Crippen LogP contribution is 2.33. The summed E-state index contributed by atoms with van der Waals surface area (Å²) in [6, 6.07) is 10.7. The molecule has 0 saturated carbocycles. The lowest BCUT2D eigenvalue weighted by molar-refractivity contribution is -0.118. The molecule has 0 radical (unpaired) electrons. The molecular weight excluding hydrogens is 288 g/mol. The van der Waals surface area contributed by atoms with Crippen LogP contribution in [0.5, 0.6) is 0 Å². The number of fused-ring (bicyclic) bond motifs is 1. The van der Waals surface area contributed by atoms with Crippen molar-refractivity contribution in [1.82, 2.24) is 0 Å². The second kappa shape index (κ2) is 5.38. The Balaban J connectivity index is 1.72. The van der Waals surface area contributed by atoms with Crippen molar-refractivity contribution in [3.8, 4) is 6.07 Å². The van der Waals surface area contributed by atoms with Gasteiger partial charge in [0.1, 0.15) is 17.2 Å². The summed E-state index contributed by atoms with van der Waals surface area (Å²) in [5.41, 5.74) is 1.66. The number of thiophene rings is 1. The zero-order chi connectivity index (χ0) is 14.8.